The second-order valence-electron chi connectivity index (χ2n) is 11.4. The van der Waals surface area contributed by atoms with Crippen molar-refractivity contribution < 1.29 is 9.53 Å². The van der Waals surface area contributed by atoms with Crippen molar-refractivity contribution in [1.82, 2.24) is 19.9 Å². The van der Waals surface area contributed by atoms with Crippen LogP contribution in [0.5, 0.6) is 0 Å². The monoisotopic (exact) mass is 614 g/mol. The number of H-pyrrole nitrogens is 2. The molecule has 47 heavy (non-hydrogen) atoms. The molecular formula is C41H34N4O2. The van der Waals surface area contributed by atoms with E-state index in [9.17, 15) is 4.79 Å². The van der Waals surface area contributed by atoms with Crippen molar-refractivity contribution in [2.24, 2.45) is 0 Å². The molecule has 5 aromatic rings. The lowest BCUT2D eigenvalue weighted by atomic mass is 10.0. The number of nitrogens with one attached hydrogen (secondary N) is 2. The van der Waals surface area contributed by atoms with E-state index in [0.29, 0.717) is 13.0 Å². The number of fused-ring (bicyclic) bond motifs is 8. The maximum Gasteiger partial charge on any atom is 0.306 e. The van der Waals surface area contributed by atoms with Crippen LogP contribution in [0.1, 0.15) is 52.8 Å². The van der Waals surface area contributed by atoms with Crippen molar-refractivity contribution in [3.63, 3.8) is 0 Å². The van der Waals surface area contributed by atoms with Crippen molar-refractivity contribution in [2.75, 3.05) is 6.61 Å². The highest BCUT2D eigenvalue weighted by molar-refractivity contribution is 5.94. The molecule has 2 aromatic carbocycles. The minimum Gasteiger partial charge on any atom is -0.466 e. The fourth-order valence-electron chi connectivity index (χ4n) is 6.17. The largest absolute Gasteiger partial charge is 0.466 e. The van der Waals surface area contributed by atoms with Crippen molar-refractivity contribution in [2.45, 2.75) is 19.8 Å². The highest BCUT2D eigenvalue weighted by Gasteiger charge is 2.17. The lowest BCUT2D eigenvalue weighted by Gasteiger charge is -2.07. The van der Waals surface area contributed by atoms with Gasteiger partial charge < -0.3 is 14.7 Å². The van der Waals surface area contributed by atoms with E-state index in [1.165, 1.54) is 0 Å². The topological polar surface area (TPSA) is 83.7 Å². The smallest absolute Gasteiger partial charge is 0.306 e. The summed E-state index contributed by atoms with van der Waals surface area (Å²) in [4.78, 5) is 30.1. The van der Waals surface area contributed by atoms with Gasteiger partial charge in [0.25, 0.3) is 0 Å². The first-order chi connectivity index (χ1) is 23.0. The number of hydrogen-bond donors (Lipinski definition) is 2. The van der Waals surface area contributed by atoms with Crippen LogP contribution in [-0.4, -0.2) is 32.5 Å². The Labute approximate surface area is 273 Å². The molecule has 0 unspecified atom stereocenters. The number of benzene rings is 2. The third-order valence-electron chi connectivity index (χ3n) is 8.39. The predicted molar refractivity (Wildman–Crippen MR) is 195 cm³/mol. The minimum absolute atomic E-state index is 0.235. The van der Waals surface area contributed by atoms with Crippen LogP contribution in [0.15, 0.2) is 92.0 Å². The molecule has 3 aromatic heterocycles. The molecule has 0 atom stereocenters. The molecule has 7 rings (SSSR count). The summed E-state index contributed by atoms with van der Waals surface area (Å²) in [5.74, 6) is -0.239. The van der Waals surface area contributed by atoms with E-state index >= 15 is 0 Å². The summed E-state index contributed by atoms with van der Waals surface area (Å²) < 4.78 is 5.30. The quantitative estimate of drug-likeness (QED) is 0.167. The van der Waals surface area contributed by atoms with Crippen molar-refractivity contribution >= 4 is 64.5 Å². The highest BCUT2D eigenvalue weighted by Crippen LogP contribution is 2.34. The molecule has 2 aliphatic heterocycles. The van der Waals surface area contributed by atoms with E-state index in [1.807, 2.05) is 61.6 Å². The standard InChI is InChI=1S/C41H34N4O2/c1-4-26-9-7-11-28(23-26)40-35-16-13-30(42-35)25-31-14-17-36(43-31)41(29-12-8-10-27(5-2)24-29)38-21-19-34(45-38)32(15-22-39(46)47-6-3)33-18-20-37(40)44-33/h4-5,7-14,16-21,23-25,42,45H,1-2,6,15,22H2,3H3. The minimum atomic E-state index is -0.239. The van der Waals surface area contributed by atoms with Gasteiger partial charge in [0.15, 0.2) is 0 Å². The Kier molecular flexibility index (Phi) is 8.07. The molecule has 2 aliphatic rings. The molecule has 0 fully saturated rings. The molecule has 6 nitrogen and oxygen atoms in total. The summed E-state index contributed by atoms with van der Waals surface area (Å²) in [5, 5.41) is 0. The van der Waals surface area contributed by atoms with Crippen molar-refractivity contribution in [3.8, 4) is 22.3 Å². The van der Waals surface area contributed by atoms with E-state index in [0.717, 1.165) is 83.8 Å². The first-order valence-electron chi connectivity index (χ1n) is 15.8. The van der Waals surface area contributed by atoms with Gasteiger partial charge in [0.1, 0.15) is 0 Å². The van der Waals surface area contributed by atoms with Gasteiger partial charge in [0.05, 0.1) is 29.4 Å². The Morgan fingerprint density at radius 2 is 1.34 bits per heavy atom. The van der Waals surface area contributed by atoms with Gasteiger partial charge in [-0.15, -0.1) is 0 Å². The number of aryl methyl sites for hydroxylation is 1. The SMILES string of the molecule is C=Cc1cccc(-c2c3nc(c(CCC(=O)OCC)c4ccc([nH]4)c(-c4cccc(C=C)c4)c4nc(cc5ccc2[nH]5)C=C4)C=C3)c1. The molecule has 230 valence electrons. The van der Waals surface area contributed by atoms with Gasteiger partial charge in [-0.05, 0) is 102 Å². The average Bonchev–Trinajstić information content (AvgIpc) is 3.92. The Balaban J connectivity index is 1.57. The molecule has 6 heteroatoms. The van der Waals surface area contributed by atoms with Gasteiger partial charge in [0, 0.05) is 45.2 Å². The van der Waals surface area contributed by atoms with Crippen LogP contribution in [0.4, 0.5) is 0 Å². The van der Waals surface area contributed by atoms with Crippen molar-refractivity contribution in [1.29, 1.82) is 0 Å². The average molecular weight is 615 g/mol. The van der Waals surface area contributed by atoms with Crippen LogP contribution in [0, 0.1) is 0 Å². The van der Waals surface area contributed by atoms with Crippen LogP contribution in [0.2, 0.25) is 0 Å². The van der Waals surface area contributed by atoms with Crippen LogP contribution in [0.25, 0.3) is 80.8 Å². The molecule has 0 radical (unpaired) electrons. The number of aromatic nitrogens is 4. The number of ether oxygens (including phenoxy) is 1. The number of carbonyl (C=O) groups excluding carboxylic acids is 1. The third kappa shape index (κ3) is 6.01. The number of carbonyl (C=O) groups is 1. The molecule has 0 aliphatic carbocycles. The summed E-state index contributed by atoms with van der Waals surface area (Å²) in [6, 6.07) is 26.9. The summed E-state index contributed by atoms with van der Waals surface area (Å²) in [7, 11) is 0. The summed E-state index contributed by atoms with van der Waals surface area (Å²) in [5.41, 5.74) is 13.9. The predicted octanol–water partition coefficient (Wildman–Crippen LogP) is 9.77. The van der Waals surface area contributed by atoms with Crippen LogP contribution in [0.3, 0.4) is 0 Å². The summed E-state index contributed by atoms with van der Waals surface area (Å²) in [6.45, 7) is 10.1. The maximum absolute atomic E-state index is 12.6. The van der Waals surface area contributed by atoms with Gasteiger partial charge >= 0.3 is 5.97 Å². The Hall–Kier alpha value is -6.01. The lowest BCUT2D eigenvalue weighted by Crippen LogP contribution is -2.06. The fourth-order valence-corrected chi connectivity index (χ4v) is 6.17. The second kappa shape index (κ2) is 12.8. The van der Waals surface area contributed by atoms with Gasteiger partial charge in [-0.3, -0.25) is 4.79 Å². The molecule has 0 saturated carbocycles. The molecule has 5 heterocycles. The lowest BCUT2D eigenvalue weighted by molar-refractivity contribution is -0.143. The van der Waals surface area contributed by atoms with E-state index in [4.69, 9.17) is 14.7 Å². The van der Waals surface area contributed by atoms with Crippen LogP contribution >= 0.6 is 0 Å². The van der Waals surface area contributed by atoms with Gasteiger partial charge in [-0.1, -0.05) is 61.7 Å². The Bertz CT molecular complexity index is 2230. The van der Waals surface area contributed by atoms with E-state index in [-0.39, 0.29) is 12.4 Å². The number of nitrogens with zero attached hydrogens (tertiary/aromatic N) is 2. The number of aromatic amines is 2. The van der Waals surface area contributed by atoms with Gasteiger partial charge in [-0.25, -0.2) is 9.97 Å². The first kappa shape index (κ1) is 29.7. The van der Waals surface area contributed by atoms with E-state index in [1.54, 1.807) is 0 Å². The summed E-state index contributed by atoms with van der Waals surface area (Å²) >= 11 is 0. The van der Waals surface area contributed by atoms with Crippen LogP contribution < -0.4 is 0 Å². The highest BCUT2D eigenvalue weighted by atomic mass is 16.5. The molecular weight excluding hydrogens is 580 g/mol. The first-order valence-corrected chi connectivity index (χ1v) is 15.8. The summed E-state index contributed by atoms with van der Waals surface area (Å²) in [6.07, 6.45) is 12.6. The van der Waals surface area contributed by atoms with Gasteiger partial charge in [-0.2, -0.15) is 0 Å². The Morgan fingerprint density at radius 1 is 0.723 bits per heavy atom. The van der Waals surface area contributed by atoms with E-state index < -0.39 is 0 Å². The molecule has 0 spiro atoms. The zero-order valence-electron chi connectivity index (χ0n) is 26.2. The van der Waals surface area contributed by atoms with E-state index in [2.05, 4.69) is 83.8 Å². The zero-order chi connectivity index (χ0) is 32.3. The number of hydrogen-bond acceptors (Lipinski definition) is 4. The normalized spacial score (nSPS) is 11.9. The Morgan fingerprint density at radius 3 is 2.04 bits per heavy atom. The fraction of sp³-hybridized carbons (Fsp3) is 0.0976. The van der Waals surface area contributed by atoms with Gasteiger partial charge in [0.2, 0.25) is 0 Å². The van der Waals surface area contributed by atoms with Crippen molar-refractivity contribution in [3.05, 3.63) is 131 Å². The number of esters is 1. The molecule has 0 amide bonds. The molecule has 0 saturated heterocycles. The van der Waals surface area contributed by atoms with Crippen LogP contribution in [-0.2, 0) is 16.0 Å². The molecule has 8 bridgehead atoms. The third-order valence-corrected chi connectivity index (χ3v) is 8.39. The number of rotatable bonds is 8. The maximum atomic E-state index is 12.6. The zero-order valence-corrected chi connectivity index (χ0v) is 26.2. The second-order valence-corrected chi connectivity index (χ2v) is 11.4. The molecule has 2 N–H and O–H groups in total.